The van der Waals surface area contributed by atoms with E-state index in [0.717, 1.165) is 5.56 Å². The highest BCUT2D eigenvalue weighted by Crippen LogP contribution is 2.49. The van der Waals surface area contributed by atoms with Crippen molar-refractivity contribution in [1.82, 2.24) is 15.2 Å². The lowest BCUT2D eigenvalue weighted by Crippen LogP contribution is -2.53. The number of rotatable bonds is 10. The van der Waals surface area contributed by atoms with E-state index in [-0.39, 0.29) is 42.0 Å². The van der Waals surface area contributed by atoms with Crippen LogP contribution in [0.3, 0.4) is 0 Å². The van der Waals surface area contributed by atoms with Crippen molar-refractivity contribution >= 4 is 28.6 Å². The number of aromatic nitrogens is 1. The summed E-state index contributed by atoms with van der Waals surface area (Å²) in [5.41, 5.74) is 1.12. The van der Waals surface area contributed by atoms with Crippen LogP contribution in [-0.2, 0) is 22.4 Å². The fourth-order valence-corrected chi connectivity index (χ4v) is 5.67. The molecule has 4 aromatic rings. The minimum absolute atomic E-state index is 0.00625. The van der Waals surface area contributed by atoms with Crippen molar-refractivity contribution in [3.8, 4) is 23.0 Å². The Labute approximate surface area is 260 Å². The minimum Gasteiger partial charge on any atom is -0.493 e. The number of nitrogens with zero attached hydrogens (tertiary/aromatic N) is 2. The van der Waals surface area contributed by atoms with Gasteiger partial charge in [-0.3, -0.25) is 14.6 Å². The molecule has 2 fully saturated rings. The Hall–Kier alpha value is -4.83. The monoisotopic (exact) mass is 611 g/mol. The lowest BCUT2D eigenvalue weighted by Gasteiger charge is -2.33. The number of ether oxygens (including phenoxy) is 3. The van der Waals surface area contributed by atoms with Gasteiger partial charge in [-0.1, -0.05) is 24.3 Å². The van der Waals surface area contributed by atoms with Gasteiger partial charge in [-0.15, -0.1) is 0 Å². The Kier molecular flexibility index (Phi) is 8.49. The summed E-state index contributed by atoms with van der Waals surface area (Å²) in [4.78, 5) is 45.3. The molecular weight excluding hydrogens is 577 g/mol. The van der Waals surface area contributed by atoms with E-state index < -0.39 is 11.5 Å². The molecule has 6 rings (SSSR count). The summed E-state index contributed by atoms with van der Waals surface area (Å²) in [6.07, 6.45) is 2.49. The molecule has 0 spiro atoms. The Balaban J connectivity index is 1.14. The van der Waals surface area contributed by atoms with Gasteiger partial charge < -0.3 is 24.4 Å². The maximum absolute atomic E-state index is 13.2. The van der Waals surface area contributed by atoms with Crippen molar-refractivity contribution < 1.29 is 33.0 Å². The lowest BCUT2D eigenvalue weighted by atomic mass is 9.88. The Bertz CT molecular complexity index is 1740. The number of halogens is 1. The van der Waals surface area contributed by atoms with E-state index in [1.54, 1.807) is 53.6 Å². The maximum atomic E-state index is 13.2. The van der Waals surface area contributed by atoms with Crippen molar-refractivity contribution in [2.75, 3.05) is 26.7 Å². The molecule has 1 saturated carbocycles. The van der Waals surface area contributed by atoms with E-state index in [9.17, 15) is 18.8 Å². The Morgan fingerprint density at radius 2 is 1.60 bits per heavy atom. The number of Topliss-reactive ketones (excluding diaryl/α,β-unsaturated/α-hetero) is 2. The van der Waals surface area contributed by atoms with E-state index in [1.807, 2.05) is 19.1 Å². The number of benzene rings is 3. The third kappa shape index (κ3) is 6.51. The molecule has 1 aromatic heterocycles. The second kappa shape index (κ2) is 12.6. The first-order valence-electron chi connectivity index (χ1n) is 15.0. The van der Waals surface area contributed by atoms with Crippen LogP contribution < -0.4 is 19.5 Å². The quantitative estimate of drug-likeness (QED) is 0.229. The van der Waals surface area contributed by atoms with Gasteiger partial charge in [-0.2, -0.15) is 0 Å². The summed E-state index contributed by atoms with van der Waals surface area (Å²) in [6.45, 7) is 3.89. The number of piperazine rings is 1. The molecule has 232 valence electrons. The van der Waals surface area contributed by atoms with E-state index >= 15 is 0 Å². The van der Waals surface area contributed by atoms with E-state index in [1.165, 1.54) is 19.2 Å². The normalized spacial score (nSPS) is 17.0. The number of methoxy groups -OCH3 is 1. The fraction of sp³-hybridized carbons (Fsp3) is 0.314. The molecule has 10 heteroatoms. The maximum Gasteiger partial charge on any atom is 0.415 e. The van der Waals surface area contributed by atoms with E-state index in [4.69, 9.17) is 14.2 Å². The first-order valence-corrected chi connectivity index (χ1v) is 15.0. The highest BCUT2D eigenvalue weighted by atomic mass is 19.1. The van der Waals surface area contributed by atoms with Crippen LogP contribution in [-0.4, -0.2) is 60.3 Å². The predicted molar refractivity (Wildman–Crippen MR) is 165 cm³/mol. The summed E-state index contributed by atoms with van der Waals surface area (Å²) in [7, 11) is 1.51. The van der Waals surface area contributed by atoms with Crippen molar-refractivity contribution in [2.45, 2.75) is 38.6 Å². The number of pyridine rings is 1. The minimum atomic E-state index is -0.954. The van der Waals surface area contributed by atoms with Crippen LogP contribution in [0.25, 0.3) is 10.9 Å². The molecule has 45 heavy (non-hydrogen) atoms. The van der Waals surface area contributed by atoms with Crippen LogP contribution in [0, 0.1) is 11.2 Å². The van der Waals surface area contributed by atoms with E-state index in [2.05, 4.69) is 10.3 Å². The molecule has 1 atom stereocenters. The summed E-state index contributed by atoms with van der Waals surface area (Å²) < 4.78 is 30.7. The van der Waals surface area contributed by atoms with Gasteiger partial charge in [0.2, 0.25) is 0 Å². The first kappa shape index (κ1) is 30.2. The molecule has 0 unspecified atom stereocenters. The molecule has 1 aliphatic carbocycles. The molecule has 9 nitrogen and oxygen atoms in total. The summed E-state index contributed by atoms with van der Waals surface area (Å²) in [6, 6.07) is 18.1. The van der Waals surface area contributed by atoms with Gasteiger partial charge >= 0.3 is 6.09 Å². The number of carbonyl (C=O) groups is 3. The highest BCUT2D eigenvalue weighted by Gasteiger charge is 2.54. The van der Waals surface area contributed by atoms with Gasteiger partial charge in [0, 0.05) is 56.2 Å². The van der Waals surface area contributed by atoms with Crippen LogP contribution in [0.2, 0.25) is 0 Å². The summed E-state index contributed by atoms with van der Waals surface area (Å²) >= 11 is 0. The fourth-order valence-electron chi connectivity index (χ4n) is 5.67. The topological polar surface area (TPSA) is 107 Å². The van der Waals surface area contributed by atoms with Gasteiger partial charge in [0.1, 0.15) is 17.3 Å². The SMILES string of the molecule is COc1cc2nccc(Oc3ccc(CC(=O)C4(C(=O)Cc5ccc(F)cc5)CC4)cc3)c2cc1OC(=O)N1CCNC[C@H]1C. The van der Waals surface area contributed by atoms with Gasteiger partial charge in [0.05, 0.1) is 18.0 Å². The Morgan fingerprint density at radius 3 is 2.22 bits per heavy atom. The molecule has 1 N–H and O–H groups in total. The van der Waals surface area contributed by atoms with Crippen molar-refractivity contribution in [2.24, 2.45) is 5.41 Å². The molecule has 0 radical (unpaired) electrons. The van der Waals surface area contributed by atoms with Crippen molar-refractivity contribution in [3.63, 3.8) is 0 Å². The number of carbonyl (C=O) groups excluding carboxylic acids is 3. The molecule has 1 aliphatic heterocycles. The second-order valence-corrected chi connectivity index (χ2v) is 11.6. The molecule has 0 bridgehead atoms. The molecule has 2 aliphatic rings. The number of nitrogens with one attached hydrogen (secondary N) is 1. The second-order valence-electron chi connectivity index (χ2n) is 11.6. The highest BCUT2D eigenvalue weighted by molar-refractivity contribution is 6.11. The number of hydrogen-bond acceptors (Lipinski definition) is 8. The molecule has 1 saturated heterocycles. The van der Waals surface area contributed by atoms with Crippen LogP contribution in [0.1, 0.15) is 30.9 Å². The molecular formula is C35H34FN3O6. The van der Waals surface area contributed by atoms with Gasteiger partial charge in [-0.25, -0.2) is 9.18 Å². The molecule has 2 heterocycles. The zero-order valence-corrected chi connectivity index (χ0v) is 25.2. The smallest absolute Gasteiger partial charge is 0.415 e. The third-order valence-corrected chi connectivity index (χ3v) is 8.53. The van der Waals surface area contributed by atoms with Crippen LogP contribution in [0.4, 0.5) is 9.18 Å². The number of ketones is 2. The zero-order valence-electron chi connectivity index (χ0n) is 25.2. The molecule has 1 amide bonds. The first-order chi connectivity index (χ1) is 21.8. The van der Waals surface area contributed by atoms with Crippen LogP contribution in [0.5, 0.6) is 23.0 Å². The van der Waals surface area contributed by atoms with Gasteiger partial charge in [0.15, 0.2) is 23.1 Å². The number of fused-ring (bicyclic) bond motifs is 1. The van der Waals surface area contributed by atoms with Gasteiger partial charge in [0.25, 0.3) is 0 Å². The Morgan fingerprint density at radius 1 is 0.933 bits per heavy atom. The average molecular weight is 612 g/mol. The number of hydrogen-bond donors (Lipinski definition) is 1. The van der Waals surface area contributed by atoms with E-state index in [0.29, 0.717) is 66.2 Å². The average Bonchev–Trinajstić information content (AvgIpc) is 3.86. The van der Waals surface area contributed by atoms with Crippen molar-refractivity contribution in [3.05, 3.63) is 89.9 Å². The molecule has 3 aromatic carbocycles. The standard InChI is InChI=1S/C35H34FN3O6/c1-22-21-37-15-16-39(22)34(42)45-31-19-27-28(20-30(31)43-2)38-14-11-29(27)44-26-9-5-24(6-10-26)18-33(41)35(12-13-35)32(40)17-23-3-7-25(36)8-4-23/h3-11,14,19-20,22,37H,12-13,15-18,21H2,1-2H3/t22-/m1/s1. The van der Waals surface area contributed by atoms with Crippen LogP contribution >= 0.6 is 0 Å². The number of amides is 1. The van der Waals surface area contributed by atoms with Crippen LogP contribution in [0.15, 0.2) is 72.9 Å². The zero-order chi connectivity index (χ0) is 31.6. The predicted octanol–water partition coefficient (Wildman–Crippen LogP) is 5.67. The third-order valence-electron chi connectivity index (χ3n) is 8.53. The van der Waals surface area contributed by atoms with Gasteiger partial charge in [-0.05, 0) is 67.3 Å². The lowest BCUT2D eigenvalue weighted by molar-refractivity contribution is -0.133. The largest absolute Gasteiger partial charge is 0.493 e. The summed E-state index contributed by atoms with van der Waals surface area (Å²) in [5.74, 6) is 1.10. The summed E-state index contributed by atoms with van der Waals surface area (Å²) in [5, 5.41) is 3.89. The van der Waals surface area contributed by atoms with Crippen molar-refractivity contribution in [1.29, 1.82) is 0 Å².